The van der Waals surface area contributed by atoms with Crippen LogP contribution in [0.5, 0.6) is 0 Å². The molecule has 1 fully saturated rings. The van der Waals surface area contributed by atoms with Gasteiger partial charge in [0.2, 0.25) is 5.91 Å². The van der Waals surface area contributed by atoms with Crippen molar-refractivity contribution in [2.75, 3.05) is 0 Å². The molecule has 0 radical (unpaired) electrons. The fourth-order valence-corrected chi connectivity index (χ4v) is 2.23. The third-order valence-corrected chi connectivity index (χ3v) is 3.31. The molecule has 1 heterocycles. The molecule has 27 heavy (non-hydrogen) atoms. The summed E-state index contributed by atoms with van der Waals surface area (Å²) in [6, 6.07) is 7.92. The molecule has 8 nitrogen and oxygen atoms in total. The lowest BCUT2D eigenvalue weighted by atomic mass is 9.96. The Labute approximate surface area is 158 Å². The van der Waals surface area contributed by atoms with Crippen molar-refractivity contribution in [2.45, 2.75) is 58.4 Å². The molecule has 1 aliphatic heterocycles. The van der Waals surface area contributed by atoms with Crippen LogP contribution in [0.25, 0.3) is 0 Å². The SMILES string of the molecule is CC(C)(C)OC(=O)CC1NC(=O)C1NC(=O)OCc1ccccc1.CC=O. The van der Waals surface area contributed by atoms with E-state index in [0.29, 0.717) is 0 Å². The van der Waals surface area contributed by atoms with E-state index in [9.17, 15) is 14.4 Å². The number of ether oxygens (including phenoxy) is 2. The van der Waals surface area contributed by atoms with Gasteiger partial charge in [0.1, 0.15) is 24.5 Å². The smallest absolute Gasteiger partial charge is 0.408 e. The summed E-state index contributed by atoms with van der Waals surface area (Å²) in [6.45, 7) is 6.85. The largest absolute Gasteiger partial charge is 0.460 e. The van der Waals surface area contributed by atoms with Crippen LogP contribution in [0.15, 0.2) is 30.3 Å². The lowest BCUT2D eigenvalue weighted by molar-refractivity contribution is -0.156. The molecule has 2 atom stereocenters. The molecule has 8 heteroatoms. The van der Waals surface area contributed by atoms with Crippen LogP contribution in [0.1, 0.15) is 39.7 Å². The Bertz CT molecular complexity index is 654. The number of benzene rings is 1. The second kappa shape index (κ2) is 10.3. The molecule has 1 aromatic carbocycles. The number of aldehydes is 1. The van der Waals surface area contributed by atoms with Crippen LogP contribution in [0, 0.1) is 0 Å². The summed E-state index contributed by atoms with van der Waals surface area (Å²) in [4.78, 5) is 44.0. The fraction of sp³-hybridized carbons (Fsp3) is 0.474. The van der Waals surface area contributed by atoms with Crippen LogP contribution in [-0.2, 0) is 30.5 Å². The third-order valence-electron chi connectivity index (χ3n) is 3.31. The molecular weight excluding hydrogens is 352 g/mol. The molecule has 0 aliphatic carbocycles. The predicted octanol–water partition coefficient (Wildman–Crippen LogP) is 1.72. The van der Waals surface area contributed by atoms with Crippen molar-refractivity contribution in [1.82, 2.24) is 10.6 Å². The van der Waals surface area contributed by atoms with Gasteiger partial charge in [0.25, 0.3) is 0 Å². The van der Waals surface area contributed by atoms with E-state index in [1.807, 2.05) is 30.3 Å². The maximum absolute atomic E-state index is 11.8. The van der Waals surface area contributed by atoms with Gasteiger partial charge in [-0.3, -0.25) is 9.59 Å². The molecule has 1 aromatic rings. The predicted molar refractivity (Wildman–Crippen MR) is 97.7 cm³/mol. The molecule has 2 N–H and O–H groups in total. The topological polar surface area (TPSA) is 111 Å². The number of rotatable bonds is 5. The van der Waals surface area contributed by atoms with Crippen LogP contribution >= 0.6 is 0 Å². The minimum absolute atomic E-state index is 0.00730. The molecule has 1 saturated heterocycles. The number of carbonyl (C=O) groups excluding carboxylic acids is 4. The summed E-state index contributed by atoms with van der Waals surface area (Å²) in [5, 5.41) is 5.05. The highest BCUT2D eigenvalue weighted by Crippen LogP contribution is 2.15. The Kier molecular flexibility index (Phi) is 8.44. The summed E-state index contributed by atoms with van der Waals surface area (Å²) in [7, 11) is 0. The standard InChI is InChI=1S/C17H22N2O5.C2H4O/c1-17(2,3)24-13(20)9-12-14(15(21)18-12)19-16(22)23-10-11-7-5-4-6-8-11;1-2-3/h4-8,12,14H,9-10H2,1-3H3,(H,18,21)(H,19,22);2H,1H3. The number of hydrogen-bond donors (Lipinski definition) is 2. The number of esters is 1. The molecule has 0 saturated carbocycles. The first-order valence-electron chi connectivity index (χ1n) is 8.55. The van der Waals surface area contributed by atoms with Crippen LogP contribution in [0.4, 0.5) is 4.79 Å². The van der Waals surface area contributed by atoms with E-state index in [0.717, 1.165) is 11.8 Å². The summed E-state index contributed by atoms with van der Waals surface area (Å²) >= 11 is 0. The minimum atomic E-state index is -0.791. The summed E-state index contributed by atoms with van der Waals surface area (Å²) in [6.07, 6.45) is 0.0417. The maximum atomic E-state index is 11.8. The number of nitrogens with one attached hydrogen (secondary N) is 2. The first-order chi connectivity index (χ1) is 12.7. The van der Waals surface area contributed by atoms with E-state index >= 15 is 0 Å². The van der Waals surface area contributed by atoms with Gasteiger partial charge < -0.3 is 24.9 Å². The van der Waals surface area contributed by atoms with Crippen molar-refractivity contribution in [3.63, 3.8) is 0 Å². The summed E-state index contributed by atoms with van der Waals surface area (Å²) < 4.78 is 10.3. The van der Waals surface area contributed by atoms with Gasteiger partial charge in [-0.05, 0) is 33.3 Å². The van der Waals surface area contributed by atoms with Gasteiger partial charge in [-0.1, -0.05) is 30.3 Å². The molecule has 0 bridgehead atoms. The zero-order valence-corrected chi connectivity index (χ0v) is 16.0. The highest BCUT2D eigenvalue weighted by molar-refractivity contribution is 5.93. The van der Waals surface area contributed by atoms with Gasteiger partial charge in [0, 0.05) is 0 Å². The van der Waals surface area contributed by atoms with Gasteiger partial charge in [0.05, 0.1) is 12.5 Å². The zero-order chi connectivity index (χ0) is 20.4. The molecule has 0 spiro atoms. The van der Waals surface area contributed by atoms with Gasteiger partial charge in [-0.2, -0.15) is 0 Å². The van der Waals surface area contributed by atoms with E-state index in [4.69, 9.17) is 14.3 Å². The normalized spacial score (nSPS) is 18.0. The lowest BCUT2D eigenvalue weighted by Crippen LogP contribution is -2.69. The van der Waals surface area contributed by atoms with Crippen LogP contribution in [0.3, 0.4) is 0 Å². The lowest BCUT2D eigenvalue weighted by Gasteiger charge is -2.36. The van der Waals surface area contributed by atoms with Gasteiger partial charge in [-0.25, -0.2) is 4.79 Å². The van der Waals surface area contributed by atoms with Crippen LogP contribution in [0.2, 0.25) is 0 Å². The molecule has 2 amide bonds. The summed E-state index contributed by atoms with van der Waals surface area (Å²) in [5.74, 6) is -0.780. The van der Waals surface area contributed by atoms with Gasteiger partial charge in [-0.15, -0.1) is 0 Å². The molecule has 0 aromatic heterocycles. The monoisotopic (exact) mass is 378 g/mol. The number of β-lactam (4-membered cyclic amide) rings is 1. The second-order valence-corrected chi connectivity index (χ2v) is 6.83. The van der Waals surface area contributed by atoms with Gasteiger partial charge in [0.15, 0.2) is 0 Å². The van der Waals surface area contributed by atoms with Crippen molar-refractivity contribution in [2.24, 2.45) is 0 Å². The third kappa shape index (κ3) is 8.35. The molecule has 2 unspecified atom stereocenters. The molecule has 1 aliphatic rings. The van der Waals surface area contributed by atoms with E-state index in [-0.39, 0.29) is 18.9 Å². The maximum Gasteiger partial charge on any atom is 0.408 e. The second-order valence-electron chi connectivity index (χ2n) is 6.83. The quantitative estimate of drug-likeness (QED) is 0.458. The molecular formula is C19H26N2O6. The average molecular weight is 378 g/mol. The van der Waals surface area contributed by atoms with Crippen LogP contribution < -0.4 is 10.6 Å². The number of hydrogen-bond acceptors (Lipinski definition) is 6. The fourth-order valence-electron chi connectivity index (χ4n) is 2.23. The average Bonchev–Trinajstić information content (AvgIpc) is 2.57. The Morgan fingerprint density at radius 2 is 1.81 bits per heavy atom. The van der Waals surface area contributed by atoms with E-state index in [2.05, 4.69) is 10.6 Å². The van der Waals surface area contributed by atoms with Crippen molar-refractivity contribution >= 4 is 24.3 Å². The Hall–Kier alpha value is -2.90. The Morgan fingerprint density at radius 3 is 2.33 bits per heavy atom. The highest BCUT2D eigenvalue weighted by atomic mass is 16.6. The molecule has 2 rings (SSSR count). The van der Waals surface area contributed by atoms with Crippen molar-refractivity contribution in [1.29, 1.82) is 0 Å². The van der Waals surface area contributed by atoms with Crippen molar-refractivity contribution in [3.8, 4) is 0 Å². The zero-order valence-electron chi connectivity index (χ0n) is 16.0. The van der Waals surface area contributed by atoms with E-state index < -0.39 is 29.7 Å². The molecule has 148 valence electrons. The number of alkyl carbamates (subject to hydrolysis) is 1. The van der Waals surface area contributed by atoms with Crippen molar-refractivity contribution < 1.29 is 28.7 Å². The minimum Gasteiger partial charge on any atom is -0.460 e. The van der Waals surface area contributed by atoms with E-state index in [1.54, 1.807) is 20.8 Å². The Balaban J connectivity index is 0.00000114. The number of amides is 2. The van der Waals surface area contributed by atoms with E-state index in [1.165, 1.54) is 6.92 Å². The van der Waals surface area contributed by atoms with Crippen LogP contribution in [-0.4, -0.2) is 41.9 Å². The summed E-state index contributed by atoms with van der Waals surface area (Å²) in [5.41, 5.74) is 0.249. The number of carbonyl (C=O) groups is 4. The van der Waals surface area contributed by atoms with Crippen molar-refractivity contribution in [3.05, 3.63) is 35.9 Å². The first kappa shape index (κ1) is 22.1. The highest BCUT2D eigenvalue weighted by Gasteiger charge is 2.42. The van der Waals surface area contributed by atoms with Gasteiger partial charge >= 0.3 is 12.1 Å². The first-order valence-corrected chi connectivity index (χ1v) is 8.55. The Morgan fingerprint density at radius 1 is 1.22 bits per heavy atom.